The molecule has 0 aromatic heterocycles. The maximum Gasteiger partial charge on any atom is 0.159 e. The molecule has 0 unspecified atom stereocenters. The monoisotopic (exact) mass is 300 g/mol. The number of ketones is 1. The molecule has 21 heavy (non-hydrogen) atoms. The van der Waals surface area contributed by atoms with E-state index in [0.29, 0.717) is 0 Å². The molecular formula is C18H20O2S. The van der Waals surface area contributed by atoms with Crippen LogP contribution in [0.4, 0.5) is 0 Å². The number of Topliss-reactive ketones (excluding diaryl/α,β-unsaturated/α-hetero) is 1. The van der Waals surface area contributed by atoms with Crippen molar-refractivity contribution in [2.75, 3.05) is 7.11 Å². The van der Waals surface area contributed by atoms with Crippen LogP contribution in [0.15, 0.2) is 41.3 Å². The fraction of sp³-hybridized carbons (Fsp3) is 0.278. The molecule has 0 saturated carbocycles. The summed E-state index contributed by atoms with van der Waals surface area (Å²) in [6.45, 7) is 5.82. The van der Waals surface area contributed by atoms with Gasteiger partial charge in [0.2, 0.25) is 0 Å². The molecule has 0 N–H and O–H groups in total. The van der Waals surface area contributed by atoms with Gasteiger partial charge in [0.25, 0.3) is 0 Å². The van der Waals surface area contributed by atoms with E-state index in [4.69, 9.17) is 4.74 Å². The second-order valence-corrected chi connectivity index (χ2v) is 6.17. The zero-order chi connectivity index (χ0) is 15.4. The van der Waals surface area contributed by atoms with E-state index in [9.17, 15) is 4.79 Å². The number of rotatable bonds is 5. The molecule has 2 aromatic rings. The Bertz CT molecular complexity index is 662. The standard InChI is InChI=1S/C18H20O2S/c1-12-5-7-17(9-13(12)2)21-11-16-10-15(14(3)19)6-8-18(16)20-4/h5-10H,11H2,1-4H3. The number of ether oxygens (including phenoxy) is 1. The summed E-state index contributed by atoms with van der Waals surface area (Å²) in [7, 11) is 1.66. The highest BCUT2D eigenvalue weighted by molar-refractivity contribution is 7.98. The van der Waals surface area contributed by atoms with Gasteiger partial charge in [-0.2, -0.15) is 0 Å². The number of hydrogen-bond donors (Lipinski definition) is 0. The van der Waals surface area contributed by atoms with E-state index in [1.807, 2.05) is 18.2 Å². The van der Waals surface area contributed by atoms with Crippen LogP contribution in [-0.2, 0) is 5.75 Å². The van der Waals surface area contributed by atoms with E-state index in [1.54, 1.807) is 25.8 Å². The van der Waals surface area contributed by atoms with Crippen molar-refractivity contribution >= 4 is 17.5 Å². The lowest BCUT2D eigenvalue weighted by Gasteiger charge is -2.10. The van der Waals surface area contributed by atoms with Crippen LogP contribution in [0.25, 0.3) is 0 Å². The minimum absolute atomic E-state index is 0.0788. The summed E-state index contributed by atoms with van der Waals surface area (Å²) < 4.78 is 5.39. The lowest BCUT2D eigenvalue weighted by molar-refractivity contribution is 0.101. The van der Waals surface area contributed by atoms with Gasteiger partial charge in [0, 0.05) is 21.8 Å². The summed E-state index contributed by atoms with van der Waals surface area (Å²) in [4.78, 5) is 12.7. The van der Waals surface area contributed by atoms with Gasteiger partial charge in [-0.25, -0.2) is 0 Å². The van der Waals surface area contributed by atoms with Gasteiger partial charge < -0.3 is 4.74 Å². The smallest absolute Gasteiger partial charge is 0.159 e. The second kappa shape index (κ2) is 6.81. The zero-order valence-electron chi connectivity index (χ0n) is 12.9. The molecule has 0 spiro atoms. The highest BCUT2D eigenvalue weighted by Gasteiger charge is 2.08. The third-order valence-corrected chi connectivity index (χ3v) is 4.60. The first-order chi connectivity index (χ1) is 10.0. The van der Waals surface area contributed by atoms with Gasteiger partial charge in [0.1, 0.15) is 5.75 Å². The molecule has 0 aliphatic rings. The van der Waals surface area contributed by atoms with Gasteiger partial charge in [-0.05, 0) is 62.2 Å². The van der Waals surface area contributed by atoms with E-state index in [-0.39, 0.29) is 5.78 Å². The molecular weight excluding hydrogens is 280 g/mol. The minimum atomic E-state index is 0.0788. The molecule has 0 radical (unpaired) electrons. The second-order valence-electron chi connectivity index (χ2n) is 5.12. The van der Waals surface area contributed by atoms with Gasteiger partial charge in [-0.15, -0.1) is 11.8 Å². The van der Waals surface area contributed by atoms with Crippen LogP contribution < -0.4 is 4.74 Å². The first kappa shape index (κ1) is 15.6. The van der Waals surface area contributed by atoms with Crippen LogP contribution >= 0.6 is 11.8 Å². The third kappa shape index (κ3) is 3.88. The summed E-state index contributed by atoms with van der Waals surface area (Å²) in [6.07, 6.45) is 0. The lowest BCUT2D eigenvalue weighted by atomic mass is 10.1. The number of carbonyl (C=O) groups excluding carboxylic acids is 1. The molecule has 0 aliphatic carbocycles. The number of methoxy groups -OCH3 is 1. The van der Waals surface area contributed by atoms with Gasteiger partial charge in [-0.3, -0.25) is 4.79 Å². The summed E-state index contributed by atoms with van der Waals surface area (Å²) in [5.74, 6) is 1.69. The molecule has 0 atom stereocenters. The fourth-order valence-electron chi connectivity index (χ4n) is 2.08. The molecule has 0 fully saturated rings. The van der Waals surface area contributed by atoms with Crippen LogP contribution in [0.2, 0.25) is 0 Å². The number of hydrogen-bond acceptors (Lipinski definition) is 3. The molecule has 0 aliphatic heterocycles. The summed E-state index contributed by atoms with van der Waals surface area (Å²) in [6, 6.07) is 12.1. The molecule has 0 saturated heterocycles. The summed E-state index contributed by atoms with van der Waals surface area (Å²) in [5, 5.41) is 0. The Labute approximate surface area is 130 Å². The molecule has 110 valence electrons. The van der Waals surface area contributed by atoms with E-state index in [1.165, 1.54) is 16.0 Å². The third-order valence-electron chi connectivity index (χ3n) is 3.56. The minimum Gasteiger partial charge on any atom is -0.496 e. The van der Waals surface area contributed by atoms with E-state index < -0.39 is 0 Å². The Hall–Kier alpha value is -1.74. The van der Waals surface area contributed by atoms with Gasteiger partial charge in [0.05, 0.1) is 7.11 Å². The van der Waals surface area contributed by atoms with Crippen molar-refractivity contribution in [1.82, 2.24) is 0 Å². The lowest BCUT2D eigenvalue weighted by Crippen LogP contribution is -1.97. The number of thioether (sulfide) groups is 1. The van der Waals surface area contributed by atoms with Crippen LogP contribution in [0, 0.1) is 13.8 Å². The summed E-state index contributed by atoms with van der Waals surface area (Å²) in [5.41, 5.74) is 4.37. The molecule has 3 heteroatoms. The topological polar surface area (TPSA) is 26.3 Å². The van der Waals surface area contributed by atoms with Gasteiger partial charge in [-0.1, -0.05) is 6.07 Å². The van der Waals surface area contributed by atoms with Crippen molar-refractivity contribution < 1.29 is 9.53 Å². The van der Waals surface area contributed by atoms with Crippen molar-refractivity contribution in [2.45, 2.75) is 31.4 Å². The summed E-state index contributed by atoms with van der Waals surface area (Å²) >= 11 is 1.76. The highest BCUT2D eigenvalue weighted by Crippen LogP contribution is 2.29. The average Bonchev–Trinajstić information content (AvgIpc) is 2.48. The largest absolute Gasteiger partial charge is 0.496 e. The predicted molar refractivity (Wildman–Crippen MR) is 88.5 cm³/mol. The van der Waals surface area contributed by atoms with Crippen LogP contribution in [0.3, 0.4) is 0 Å². The van der Waals surface area contributed by atoms with Crippen molar-refractivity contribution in [3.8, 4) is 5.75 Å². The van der Waals surface area contributed by atoms with Crippen LogP contribution in [0.1, 0.15) is 34.0 Å². The quantitative estimate of drug-likeness (QED) is 0.585. The fourth-order valence-corrected chi connectivity index (χ4v) is 3.05. The Morgan fingerprint density at radius 3 is 2.48 bits per heavy atom. The number of aryl methyl sites for hydroxylation is 2. The van der Waals surface area contributed by atoms with E-state index in [0.717, 1.165) is 22.6 Å². The number of carbonyl (C=O) groups is 1. The van der Waals surface area contributed by atoms with Crippen molar-refractivity contribution in [3.63, 3.8) is 0 Å². The molecule has 0 bridgehead atoms. The first-order valence-electron chi connectivity index (χ1n) is 6.89. The van der Waals surface area contributed by atoms with Gasteiger partial charge in [0.15, 0.2) is 5.78 Å². The zero-order valence-corrected chi connectivity index (χ0v) is 13.7. The Kier molecular flexibility index (Phi) is 5.07. The van der Waals surface area contributed by atoms with E-state index in [2.05, 4.69) is 32.0 Å². The molecule has 0 heterocycles. The molecule has 2 rings (SSSR count). The molecule has 0 amide bonds. The average molecular weight is 300 g/mol. The Balaban J connectivity index is 2.19. The SMILES string of the molecule is COc1ccc(C(C)=O)cc1CSc1ccc(C)c(C)c1. The normalized spacial score (nSPS) is 10.5. The Morgan fingerprint density at radius 2 is 1.86 bits per heavy atom. The van der Waals surface area contributed by atoms with Crippen LogP contribution in [0.5, 0.6) is 5.75 Å². The van der Waals surface area contributed by atoms with Crippen molar-refractivity contribution in [1.29, 1.82) is 0 Å². The van der Waals surface area contributed by atoms with Crippen molar-refractivity contribution in [3.05, 3.63) is 58.7 Å². The van der Waals surface area contributed by atoms with Crippen LogP contribution in [-0.4, -0.2) is 12.9 Å². The molecule has 2 aromatic carbocycles. The highest BCUT2D eigenvalue weighted by atomic mass is 32.2. The number of benzene rings is 2. The van der Waals surface area contributed by atoms with Gasteiger partial charge >= 0.3 is 0 Å². The maximum absolute atomic E-state index is 11.5. The molecule has 2 nitrogen and oxygen atoms in total. The first-order valence-corrected chi connectivity index (χ1v) is 7.87. The Morgan fingerprint density at radius 1 is 1.10 bits per heavy atom. The van der Waals surface area contributed by atoms with E-state index >= 15 is 0 Å². The van der Waals surface area contributed by atoms with Crippen molar-refractivity contribution in [2.24, 2.45) is 0 Å². The predicted octanol–water partition coefficient (Wildman–Crippen LogP) is 4.81. The maximum atomic E-state index is 11.5.